The normalized spacial score (nSPS) is 20.0. The number of Topliss-reactive ketones (excluding diaryl/α,β-unsaturated/α-hetero) is 1. The number of carbonyl (C=O) groups is 1. The van der Waals surface area contributed by atoms with Crippen molar-refractivity contribution >= 4 is 5.78 Å². The Morgan fingerprint density at radius 1 is 1.38 bits per heavy atom. The smallest absolute Gasteiger partial charge is 0.138 e. The second-order valence-corrected chi connectivity index (χ2v) is 4.99. The van der Waals surface area contributed by atoms with Gasteiger partial charge in [-0.2, -0.15) is 0 Å². The molecule has 0 spiro atoms. The van der Waals surface area contributed by atoms with Gasteiger partial charge >= 0.3 is 0 Å². The Morgan fingerprint density at radius 2 is 1.92 bits per heavy atom. The zero-order valence-electron chi connectivity index (χ0n) is 9.26. The number of hydrogen-bond acceptors (Lipinski definition) is 2. The Kier molecular flexibility index (Phi) is 3.12. The highest BCUT2D eigenvalue weighted by atomic mass is 16.1. The summed E-state index contributed by atoms with van der Waals surface area (Å²) in [6, 6.07) is 0. The molecule has 0 N–H and O–H groups in total. The van der Waals surface area contributed by atoms with Crippen molar-refractivity contribution in [3.63, 3.8) is 0 Å². The van der Waals surface area contributed by atoms with Crippen LogP contribution in [0.15, 0.2) is 0 Å². The molecule has 2 nitrogen and oxygen atoms in total. The van der Waals surface area contributed by atoms with E-state index >= 15 is 0 Å². The van der Waals surface area contributed by atoms with Gasteiger partial charge in [-0.1, -0.05) is 6.92 Å². The van der Waals surface area contributed by atoms with Gasteiger partial charge in [0, 0.05) is 31.0 Å². The molecule has 0 aromatic heterocycles. The first-order valence-electron chi connectivity index (χ1n) is 5.23. The molecule has 1 aliphatic heterocycles. The molecule has 1 fully saturated rings. The first kappa shape index (κ1) is 10.7. The van der Waals surface area contributed by atoms with Crippen molar-refractivity contribution in [3.8, 4) is 0 Å². The molecule has 1 saturated heterocycles. The van der Waals surface area contributed by atoms with Gasteiger partial charge in [0.2, 0.25) is 0 Å². The van der Waals surface area contributed by atoms with Crippen molar-refractivity contribution < 1.29 is 4.79 Å². The van der Waals surface area contributed by atoms with Crippen molar-refractivity contribution in [2.24, 2.45) is 5.92 Å². The molecule has 0 radical (unpaired) electrons. The summed E-state index contributed by atoms with van der Waals surface area (Å²) in [5, 5.41) is 0. The van der Waals surface area contributed by atoms with Crippen molar-refractivity contribution in [2.45, 2.75) is 46.1 Å². The fourth-order valence-electron chi connectivity index (χ4n) is 1.68. The molecule has 0 unspecified atom stereocenters. The Balaban J connectivity index is 2.29. The fraction of sp³-hybridized carbons (Fsp3) is 0.909. The van der Waals surface area contributed by atoms with Gasteiger partial charge in [0.1, 0.15) is 5.78 Å². The molecule has 0 aromatic carbocycles. The van der Waals surface area contributed by atoms with Crippen LogP contribution in [0.3, 0.4) is 0 Å². The summed E-state index contributed by atoms with van der Waals surface area (Å²) in [5.41, 5.74) is 0.239. The molecular weight excluding hydrogens is 162 g/mol. The van der Waals surface area contributed by atoms with Gasteiger partial charge in [-0.15, -0.1) is 0 Å². The highest BCUT2D eigenvalue weighted by molar-refractivity contribution is 5.82. The van der Waals surface area contributed by atoms with Crippen LogP contribution in [0.25, 0.3) is 0 Å². The number of ketones is 1. The number of likely N-dealkylation sites (tertiary alicyclic amines) is 1. The van der Waals surface area contributed by atoms with Gasteiger partial charge in [-0.3, -0.25) is 9.69 Å². The topological polar surface area (TPSA) is 20.3 Å². The van der Waals surface area contributed by atoms with E-state index in [9.17, 15) is 4.79 Å². The average molecular weight is 183 g/mol. The van der Waals surface area contributed by atoms with E-state index in [2.05, 4.69) is 32.6 Å². The molecule has 1 heterocycles. The number of nitrogens with zero attached hydrogens (tertiary/aromatic N) is 1. The third kappa shape index (κ3) is 2.53. The SMILES string of the molecule is CCCC(=O)C1CN(C(C)(C)C)C1. The van der Waals surface area contributed by atoms with E-state index in [1.54, 1.807) is 0 Å². The second-order valence-electron chi connectivity index (χ2n) is 4.99. The van der Waals surface area contributed by atoms with E-state index < -0.39 is 0 Å². The number of carbonyl (C=O) groups excluding carboxylic acids is 1. The third-order valence-electron chi connectivity index (χ3n) is 2.78. The number of hydrogen-bond donors (Lipinski definition) is 0. The van der Waals surface area contributed by atoms with Crippen molar-refractivity contribution in [1.82, 2.24) is 4.90 Å². The monoisotopic (exact) mass is 183 g/mol. The summed E-state index contributed by atoms with van der Waals surface area (Å²) >= 11 is 0. The van der Waals surface area contributed by atoms with Gasteiger partial charge in [-0.25, -0.2) is 0 Å². The summed E-state index contributed by atoms with van der Waals surface area (Å²) in [7, 11) is 0. The summed E-state index contributed by atoms with van der Waals surface area (Å²) < 4.78 is 0. The molecule has 0 atom stereocenters. The molecule has 1 rings (SSSR count). The Labute approximate surface area is 81.3 Å². The lowest BCUT2D eigenvalue weighted by Crippen LogP contribution is -2.58. The largest absolute Gasteiger partial charge is 0.299 e. The fourth-order valence-corrected chi connectivity index (χ4v) is 1.68. The van der Waals surface area contributed by atoms with Crippen LogP contribution in [0.4, 0.5) is 0 Å². The predicted molar refractivity (Wildman–Crippen MR) is 54.7 cm³/mol. The lowest BCUT2D eigenvalue weighted by molar-refractivity contribution is -0.130. The van der Waals surface area contributed by atoms with Crippen molar-refractivity contribution in [2.75, 3.05) is 13.1 Å². The Hall–Kier alpha value is -0.370. The van der Waals surface area contributed by atoms with E-state index in [0.717, 1.165) is 25.9 Å². The summed E-state index contributed by atoms with van der Waals surface area (Å²) in [6.45, 7) is 10.6. The van der Waals surface area contributed by atoms with E-state index in [1.807, 2.05) is 0 Å². The molecule has 0 amide bonds. The van der Waals surface area contributed by atoms with Gasteiger partial charge in [0.25, 0.3) is 0 Å². The average Bonchev–Trinajstić information content (AvgIpc) is 1.79. The first-order valence-corrected chi connectivity index (χ1v) is 5.23. The highest BCUT2D eigenvalue weighted by Gasteiger charge is 2.37. The molecule has 0 saturated carbocycles. The van der Waals surface area contributed by atoms with E-state index in [0.29, 0.717) is 11.7 Å². The van der Waals surface area contributed by atoms with Crippen LogP contribution in [0.5, 0.6) is 0 Å². The number of rotatable bonds is 3. The maximum Gasteiger partial charge on any atom is 0.138 e. The van der Waals surface area contributed by atoms with Crippen LogP contribution in [0, 0.1) is 5.92 Å². The molecule has 0 bridgehead atoms. The molecule has 76 valence electrons. The van der Waals surface area contributed by atoms with Crippen LogP contribution in [-0.2, 0) is 4.79 Å². The second kappa shape index (κ2) is 3.79. The van der Waals surface area contributed by atoms with Crippen molar-refractivity contribution in [1.29, 1.82) is 0 Å². The van der Waals surface area contributed by atoms with Crippen LogP contribution in [0.1, 0.15) is 40.5 Å². The lowest BCUT2D eigenvalue weighted by atomic mass is 9.88. The lowest BCUT2D eigenvalue weighted by Gasteiger charge is -2.47. The van der Waals surface area contributed by atoms with Crippen LogP contribution < -0.4 is 0 Å². The predicted octanol–water partition coefficient (Wildman–Crippen LogP) is 2.09. The third-order valence-corrected chi connectivity index (χ3v) is 2.78. The quantitative estimate of drug-likeness (QED) is 0.667. The summed E-state index contributed by atoms with van der Waals surface area (Å²) in [5.74, 6) is 0.794. The van der Waals surface area contributed by atoms with E-state index in [1.165, 1.54) is 0 Å². The zero-order chi connectivity index (χ0) is 10.1. The maximum atomic E-state index is 11.5. The summed E-state index contributed by atoms with van der Waals surface area (Å²) in [6.07, 6.45) is 1.76. The van der Waals surface area contributed by atoms with Gasteiger partial charge in [-0.05, 0) is 27.2 Å². The minimum atomic E-state index is 0.239. The minimum Gasteiger partial charge on any atom is -0.299 e. The molecule has 0 aliphatic carbocycles. The Morgan fingerprint density at radius 3 is 2.31 bits per heavy atom. The van der Waals surface area contributed by atoms with Gasteiger partial charge < -0.3 is 0 Å². The van der Waals surface area contributed by atoms with Crippen LogP contribution in [-0.4, -0.2) is 29.3 Å². The molecular formula is C11H21NO. The molecule has 2 heteroatoms. The minimum absolute atomic E-state index is 0.239. The molecule has 1 aliphatic rings. The Bertz CT molecular complexity index is 187. The zero-order valence-corrected chi connectivity index (χ0v) is 9.26. The van der Waals surface area contributed by atoms with Crippen LogP contribution >= 0.6 is 0 Å². The van der Waals surface area contributed by atoms with Gasteiger partial charge in [0.15, 0.2) is 0 Å². The van der Waals surface area contributed by atoms with E-state index in [4.69, 9.17) is 0 Å². The van der Waals surface area contributed by atoms with Crippen molar-refractivity contribution in [3.05, 3.63) is 0 Å². The summed E-state index contributed by atoms with van der Waals surface area (Å²) in [4.78, 5) is 13.8. The maximum absolute atomic E-state index is 11.5. The van der Waals surface area contributed by atoms with Gasteiger partial charge in [0.05, 0.1) is 0 Å². The highest BCUT2D eigenvalue weighted by Crippen LogP contribution is 2.26. The molecule has 13 heavy (non-hydrogen) atoms. The first-order chi connectivity index (χ1) is 5.95. The van der Waals surface area contributed by atoms with E-state index in [-0.39, 0.29) is 5.54 Å². The molecule has 0 aromatic rings. The standard InChI is InChI=1S/C11H21NO/c1-5-6-10(13)9-7-12(8-9)11(2,3)4/h9H,5-8H2,1-4H3. The van der Waals surface area contributed by atoms with Crippen LogP contribution in [0.2, 0.25) is 0 Å².